The highest BCUT2D eigenvalue weighted by molar-refractivity contribution is 9.10. The Morgan fingerprint density at radius 2 is 1.95 bits per heavy atom. The summed E-state index contributed by atoms with van der Waals surface area (Å²) in [5.74, 6) is -0.179. The lowest BCUT2D eigenvalue weighted by atomic mass is 10.1. The van der Waals surface area contributed by atoms with Gasteiger partial charge in [0.25, 0.3) is 5.91 Å². The molecule has 1 N–H and O–H groups in total. The number of thiazole rings is 1. The van der Waals surface area contributed by atoms with Crippen molar-refractivity contribution in [3.05, 3.63) is 57.0 Å². The van der Waals surface area contributed by atoms with Crippen molar-refractivity contribution in [2.75, 3.05) is 5.32 Å². The Bertz CT molecular complexity index is 797. The van der Waals surface area contributed by atoms with Gasteiger partial charge in [-0.25, -0.2) is 4.98 Å². The Hall–Kier alpha value is -1.72. The lowest BCUT2D eigenvalue weighted by Gasteiger charge is -2.09. The molecule has 0 spiro atoms. The highest BCUT2D eigenvalue weighted by atomic mass is 79.9. The molecule has 1 aromatic heterocycles. The van der Waals surface area contributed by atoms with E-state index in [9.17, 15) is 4.79 Å². The predicted molar refractivity (Wildman–Crippen MR) is 86.5 cm³/mol. The number of rotatable bonds is 2. The molecule has 0 saturated carbocycles. The van der Waals surface area contributed by atoms with Crippen molar-refractivity contribution in [1.29, 1.82) is 0 Å². The average molecular weight is 347 g/mol. The minimum Gasteiger partial charge on any atom is -0.320 e. The number of fused-ring (bicyclic) bond motifs is 1. The minimum absolute atomic E-state index is 0.179. The number of nitrogens with zero attached hydrogens (tertiary/aromatic N) is 1. The first-order valence-corrected chi connectivity index (χ1v) is 7.73. The molecule has 0 bridgehead atoms. The molecule has 3 aromatic rings. The van der Waals surface area contributed by atoms with Gasteiger partial charge in [-0.1, -0.05) is 40.2 Å². The van der Waals surface area contributed by atoms with Gasteiger partial charge in [-0.15, -0.1) is 11.3 Å². The normalized spacial score (nSPS) is 10.7. The van der Waals surface area contributed by atoms with E-state index in [-0.39, 0.29) is 5.91 Å². The Kier molecular flexibility index (Phi) is 3.54. The lowest BCUT2D eigenvalue weighted by molar-refractivity contribution is 0.102. The molecular formula is C15H11BrN2OS. The van der Waals surface area contributed by atoms with Gasteiger partial charge in [0.2, 0.25) is 0 Å². The molecule has 3 nitrogen and oxygen atoms in total. The molecular weight excluding hydrogens is 336 g/mol. The second-order valence-electron chi connectivity index (χ2n) is 4.35. The molecule has 5 heteroatoms. The minimum atomic E-state index is -0.179. The summed E-state index contributed by atoms with van der Waals surface area (Å²) in [4.78, 5) is 16.4. The van der Waals surface area contributed by atoms with Crippen LogP contribution in [0.1, 0.15) is 15.5 Å². The summed E-state index contributed by atoms with van der Waals surface area (Å²) in [5, 5.41) is 7.65. The molecule has 0 aliphatic carbocycles. The zero-order valence-electron chi connectivity index (χ0n) is 10.7. The molecule has 0 aliphatic rings. The Balaban J connectivity index is 1.99. The fourth-order valence-corrected chi connectivity index (χ4v) is 3.10. The van der Waals surface area contributed by atoms with E-state index in [0.29, 0.717) is 5.69 Å². The van der Waals surface area contributed by atoms with Gasteiger partial charge in [0.15, 0.2) is 0 Å². The SMILES string of the molecule is Cc1nc(C(=O)Nc2ccc(Br)c3ccccc23)cs1. The van der Waals surface area contributed by atoms with Crippen LogP contribution in [-0.4, -0.2) is 10.9 Å². The Morgan fingerprint density at radius 3 is 2.65 bits per heavy atom. The van der Waals surface area contributed by atoms with Crippen molar-refractivity contribution in [2.45, 2.75) is 6.92 Å². The first-order valence-electron chi connectivity index (χ1n) is 6.06. The number of carbonyl (C=O) groups excluding carboxylic acids is 1. The van der Waals surface area contributed by atoms with Gasteiger partial charge in [-0.2, -0.15) is 0 Å². The molecule has 0 saturated heterocycles. The van der Waals surface area contributed by atoms with Crippen LogP contribution in [0.2, 0.25) is 0 Å². The summed E-state index contributed by atoms with van der Waals surface area (Å²) in [6, 6.07) is 11.8. The van der Waals surface area contributed by atoms with Crippen LogP contribution in [0.4, 0.5) is 5.69 Å². The monoisotopic (exact) mass is 346 g/mol. The van der Waals surface area contributed by atoms with Gasteiger partial charge in [0.1, 0.15) is 5.69 Å². The summed E-state index contributed by atoms with van der Waals surface area (Å²) in [6.07, 6.45) is 0. The van der Waals surface area contributed by atoms with Crippen LogP contribution in [0, 0.1) is 6.92 Å². The molecule has 100 valence electrons. The predicted octanol–water partition coefficient (Wildman–Crippen LogP) is 4.62. The summed E-state index contributed by atoms with van der Waals surface area (Å²) in [5.41, 5.74) is 1.25. The maximum absolute atomic E-state index is 12.2. The number of anilines is 1. The third kappa shape index (κ3) is 2.46. The first kappa shape index (κ1) is 13.3. The largest absolute Gasteiger partial charge is 0.320 e. The molecule has 0 fully saturated rings. The molecule has 0 unspecified atom stereocenters. The Labute approximate surface area is 128 Å². The van der Waals surface area contributed by atoms with Gasteiger partial charge < -0.3 is 5.32 Å². The van der Waals surface area contributed by atoms with E-state index < -0.39 is 0 Å². The number of hydrogen-bond acceptors (Lipinski definition) is 3. The molecule has 0 aliphatic heterocycles. The van der Waals surface area contributed by atoms with Crippen LogP contribution in [0.15, 0.2) is 46.3 Å². The van der Waals surface area contributed by atoms with Crippen molar-refractivity contribution in [3.8, 4) is 0 Å². The van der Waals surface area contributed by atoms with Crippen LogP contribution in [0.3, 0.4) is 0 Å². The summed E-state index contributed by atoms with van der Waals surface area (Å²) < 4.78 is 1.01. The molecule has 3 rings (SSSR count). The van der Waals surface area contributed by atoms with E-state index in [4.69, 9.17) is 0 Å². The van der Waals surface area contributed by atoms with Crippen LogP contribution < -0.4 is 5.32 Å². The number of halogens is 1. The van der Waals surface area contributed by atoms with Crippen LogP contribution >= 0.6 is 27.3 Å². The quantitative estimate of drug-likeness (QED) is 0.735. The summed E-state index contributed by atoms with van der Waals surface area (Å²) in [6.45, 7) is 1.89. The molecule has 1 amide bonds. The standard InChI is InChI=1S/C15H11BrN2OS/c1-9-17-14(8-20-9)15(19)18-13-7-6-12(16)10-4-2-3-5-11(10)13/h2-8H,1H3,(H,18,19). The number of carbonyl (C=O) groups is 1. The number of aromatic nitrogens is 1. The third-order valence-corrected chi connectivity index (χ3v) is 4.44. The second-order valence-corrected chi connectivity index (χ2v) is 6.26. The number of aryl methyl sites for hydroxylation is 1. The van der Waals surface area contributed by atoms with Crippen molar-refractivity contribution < 1.29 is 4.79 Å². The topological polar surface area (TPSA) is 42.0 Å². The zero-order chi connectivity index (χ0) is 14.1. The number of hydrogen-bond donors (Lipinski definition) is 1. The fraction of sp³-hybridized carbons (Fsp3) is 0.0667. The van der Waals surface area contributed by atoms with E-state index in [2.05, 4.69) is 26.2 Å². The van der Waals surface area contributed by atoms with Gasteiger partial charge >= 0.3 is 0 Å². The van der Waals surface area contributed by atoms with Crippen molar-refractivity contribution in [3.63, 3.8) is 0 Å². The van der Waals surface area contributed by atoms with E-state index in [0.717, 1.165) is 25.9 Å². The maximum Gasteiger partial charge on any atom is 0.275 e. The van der Waals surface area contributed by atoms with Crippen LogP contribution in [0.5, 0.6) is 0 Å². The third-order valence-electron chi connectivity index (χ3n) is 2.97. The van der Waals surface area contributed by atoms with E-state index >= 15 is 0 Å². The van der Waals surface area contributed by atoms with Crippen molar-refractivity contribution in [2.24, 2.45) is 0 Å². The summed E-state index contributed by atoms with van der Waals surface area (Å²) >= 11 is 4.99. The van der Waals surface area contributed by atoms with Crippen molar-refractivity contribution >= 4 is 49.6 Å². The highest BCUT2D eigenvalue weighted by Crippen LogP contribution is 2.30. The van der Waals surface area contributed by atoms with Gasteiger partial charge in [0, 0.05) is 20.9 Å². The number of nitrogens with one attached hydrogen (secondary N) is 1. The van der Waals surface area contributed by atoms with Gasteiger partial charge in [-0.3, -0.25) is 4.79 Å². The molecule has 20 heavy (non-hydrogen) atoms. The summed E-state index contributed by atoms with van der Waals surface area (Å²) in [7, 11) is 0. The van der Waals surface area contributed by atoms with E-state index in [1.54, 1.807) is 5.38 Å². The molecule has 1 heterocycles. The molecule has 0 atom stereocenters. The number of benzene rings is 2. The van der Waals surface area contributed by atoms with E-state index in [1.807, 2.05) is 43.3 Å². The van der Waals surface area contributed by atoms with E-state index in [1.165, 1.54) is 11.3 Å². The molecule has 0 radical (unpaired) electrons. The van der Waals surface area contributed by atoms with Gasteiger partial charge in [0.05, 0.1) is 5.01 Å². The first-order chi connectivity index (χ1) is 9.65. The van der Waals surface area contributed by atoms with Crippen LogP contribution in [0.25, 0.3) is 10.8 Å². The van der Waals surface area contributed by atoms with Crippen molar-refractivity contribution in [1.82, 2.24) is 4.98 Å². The number of amides is 1. The van der Waals surface area contributed by atoms with Crippen LogP contribution in [-0.2, 0) is 0 Å². The zero-order valence-corrected chi connectivity index (χ0v) is 13.1. The second kappa shape index (κ2) is 5.34. The Morgan fingerprint density at radius 1 is 1.20 bits per heavy atom. The van der Waals surface area contributed by atoms with Gasteiger partial charge in [-0.05, 0) is 24.4 Å². The smallest absolute Gasteiger partial charge is 0.275 e. The maximum atomic E-state index is 12.2. The highest BCUT2D eigenvalue weighted by Gasteiger charge is 2.11. The molecule has 2 aromatic carbocycles. The average Bonchev–Trinajstić information content (AvgIpc) is 2.89. The fourth-order valence-electron chi connectivity index (χ4n) is 2.03. The lowest BCUT2D eigenvalue weighted by Crippen LogP contribution is -2.12.